The molecule has 3 aromatic heterocycles. The van der Waals surface area contributed by atoms with Gasteiger partial charge >= 0.3 is 0 Å². The highest BCUT2D eigenvalue weighted by Crippen LogP contribution is 2.37. The van der Waals surface area contributed by atoms with Gasteiger partial charge in [0.1, 0.15) is 0 Å². The van der Waals surface area contributed by atoms with Crippen LogP contribution in [0.1, 0.15) is 62.4 Å². The average molecular weight is 597 g/mol. The van der Waals surface area contributed by atoms with Gasteiger partial charge in [-0.15, -0.1) is 0 Å². The second-order valence-electron chi connectivity index (χ2n) is 11.1. The van der Waals surface area contributed by atoms with Gasteiger partial charge < -0.3 is 11.1 Å². The fourth-order valence-corrected chi connectivity index (χ4v) is 5.76. The van der Waals surface area contributed by atoms with Crippen molar-refractivity contribution in [3.05, 3.63) is 99.8 Å². The number of aliphatic imine (C=N–C) groups is 1. The minimum Gasteiger partial charge on any atom is -0.403 e. The Balaban J connectivity index is 1.40. The first-order valence-corrected chi connectivity index (χ1v) is 14.8. The summed E-state index contributed by atoms with van der Waals surface area (Å²) in [6.07, 6.45) is 12.7. The van der Waals surface area contributed by atoms with E-state index in [1.807, 2.05) is 54.3 Å². The lowest BCUT2D eigenvalue weighted by Gasteiger charge is -2.23. The molecule has 2 aliphatic rings. The molecule has 10 nitrogen and oxygen atoms in total. The highest BCUT2D eigenvalue weighted by molar-refractivity contribution is 6.31. The zero-order chi connectivity index (χ0) is 30.1. The number of halogens is 1. The van der Waals surface area contributed by atoms with Crippen molar-refractivity contribution in [2.75, 3.05) is 7.05 Å². The molecule has 220 valence electrons. The van der Waals surface area contributed by atoms with Crippen LogP contribution in [0.15, 0.2) is 83.0 Å². The van der Waals surface area contributed by atoms with Crippen LogP contribution < -0.4 is 16.6 Å². The van der Waals surface area contributed by atoms with Gasteiger partial charge in [0, 0.05) is 59.3 Å². The predicted octanol–water partition coefficient (Wildman–Crippen LogP) is 4.90. The van der Waals surface area contributed by atoms with Crippen LogP contribution in [0.4, 0.5) is 0 Å². The van der Waals surface area contributed by atoms with E-state index in [-0.39, 0.29) is 17.4 Å². The molecule has 4 aromatic rings. The van der Waals surface area contributed by atoms with Crippen LogP contribution in [-0.4, -0.2) is 43.0 Å². The van der Waals surface area contributed by atoms with Crippen molar-refractivity contribution in [3.63, 3.8) is 0 Å². The monoisotopic (exact) mass is 596 g/mol. The number of nitrogens with two attached hydrogens (primary N) is 1. The third-order valence-electron chi connectivity index (χ3n) is 8.12. The second-order valence-corrected chi connectivity index (χ2v) is 11.5. The largest absolute Gasteiger partial charge is 0.403 e. The maximum Gasteiger partial charge on any atom is 0.254 e. The Kier molecular flexibility index (Phi) is 7.94. The van der Waals surface area contributed by atoms with Crippen molar-refractivity contribution in [3.8, 4) is 22.4 Å². The number of aromatic nitrogens is 5. The quantitative estimate of drug-likeness (QED) is 0.344. The van der Waals surface area contributed by atoms with Crippen LogP contribution in [0.2, 0.25) is 5.02 Å². The summed E-state index contributed by atoms with van der Waals surface area (Å²) in [6, 6.07) is 10.9. The lowest BCUT2D eigenvalue weighted by Crippen LogP contribution is -2.33. The van der Waals surface area contributed by atoms with Gasteiger partial charge in [0.15, 0.2) is 0 Å². The first kappa shape index (κ1) is 28.5. The number of allylic oxidation sites excluding steroid dienone is 1. The zero-order valence-electron chi connectivity index (χ0n) is 24.1. The van der Waals surface area contributed by atoms with E-state index in [0.717, 1.165) is 35.1 Å². The average Bonchev–Trinajstić information content (AvgIpc) is 3.75. The molecule has 1 aromatic carbocycles. The van der Waals surface area contributed by atoms with Gasteiger partial charge in [-0.25, -0.2) is 4.98 Å². The minimum absolute atomic E-state index is 0.132. The number of hydrogen-bond acceptors (Lipinski definition) is 7. The Labute approximate surface area is 254 Å². The molecule has 0 spiro atoms. The van der Waals surface area contributed by atoms with E-state index in [1.165, 1.54) is 6.20 Å². The Hall–Kier alpha value is -4.57. The normalized spacial score (nSPS) is 21.3. The lowest BCUT2D eigenvalue weighted by molar-refractivity contribution is -0.123. The topological polar surface area (TPSA) is 133 Å². The molecule has 1 aliphatic heterocycles. The number of fused-ring (bicyclic) bond motifs is 2. The van der Waals surface area contributed by atoms with Crippen molar-refractivity contribution in [2.24, 2.45) is 16.6 Å². The minimum atomic E-state index is -0.400. The number of nitrogens with zero attached hydrogens (tertiary/aromatic N) is 6. The molecular weight excluding hydrogens is 564 g/mol. The molecule has 6 rings (SSSR count). The van der Waals surface area contributed by atoms with Gasteiger partial charge in [-0.05, 0) is 55.5 Å². The van der Waals surface area contributed by atoms with Crippen molar-refractivity contribution in [1.29, 1.82) is 0 Å². The van der Waals surface area contributed by atoms with E-state index >= 15 is 0 Å². The summed E-state index contributed by atoms with van der Waals surface area (Å²) in [5.74, 6) is -0.394. The first-order valence-electron chi connectivity index (χ1n) is 14.4. The smallest absolute Gasteiger partial charge is 0.254 e. The zero-order valence-corrected chi connectivity index (χ0v) is 24.8. The molecule has 1 fully saturated rings. The number of amides is 1. The number of rotatable bonds is 4. The number of nitrogens with one attached hydrogen (secondary N) is 1. The van der Waals surface area contributed by atoms with Crippen LogP contribution in [0.3, 0.4) is 0 Å². The van der Waals surface area contributed by atoms with Gasteiger partial charge in [-0.3, -0.25) is 28.8 Å². The van der Waals surface area contributed by atoms with Gasteiger partial charge in [0.25, 0.3) is 5.56 Å². The highest BCUT2D eigenvalue weighted by Gasteiger charge is 2.26. The summed E-state index contributed by atoms with van der Waals surface area (Å²) in [6.45, 7) is 1.88. The molecule has 2 unspecified atom stereocenters. The number of benzene rings is 1. The molecule has 2 bridgehead atoms. The number of carbonyl (C=O) groups is 1. The number of pyridine rings is 1. The van der Waals surface area contributed by atoms with Gasteiger partial charge in [-0.1, -0.05) is 31.0 Å². The Morgan fingerprint density at radius 1 is 1.05 bits per heavy atom. The first-order chi connectivity index (χ1) is 20.9. The second kappa shape index (κ2) is 12.0. The predicted molar refractivity (Wildman–Crippen MR) is 167 cm³/mol. The summed E-state index contributed by atoms with van der Waals surface area (Å²) in [7, 11) is 1.64. The van der Waals surface area contributed by atoms with E-state index in [4.69, 9.17) is 22.3 Å². The Morgan fingerprint density at radius 3 is 2.63 bits per heavy atom. The molecule has 0 radical (unpaired) electrons. The summed E-state index contributed by atoms with van der Waals surface area (Å²) < 4.78 is 3.61. The van der Waals surface area contributed by atoms with E-state index in [1.54, 1.807) is 30.2 Å². The fraction of sp³-hybridized carbons (Fsp3) is 0.312. The molecule has 43 heavy (non-hydrogen) atoms. The SMILES string of the molecule is CN=C1C(=CN)NC(=O)C(C)CCCC(n2cnc(-c3cc(Cl)ccc3-c3cnn(C4CC4)c3)cc2=O)c2cc1ccn2. The molecule has 11 heteroatoms. The van der Waals surface area contributed by atoms with Gasteiger partial charge in [0.05, 0.1) is 47.4 Å². The van der Waals surface area contributed by atoms with E-state index in [0.29, 0.717) is 53.1 Å². The molecular formula is C32H33ClN8O2. The van der Waals surface area contributed by atoms with Crippen molar-refractivity contribution in [1.82, 2.24) is 29.6 Å². The van der Waals surface area contributed by atoms with Crippen LogP contribution in [0.5, 0.6) is 0 Å². The lowest BCUT2D eigenvalue weighted by atomic mass is 9.96. The number of carbonyl (C=O) groups excluding carboxylic acids is 1. The maximum atomic E-state index is 13.8. The fourth-order valence-electron chi connectivity index (χ4n) is 5.58. The molecule has 3 N–H and O–H groups in total. The van der Waals surface area contributed by atoms with Gasteiger partial charge in [0.2, 0.25) is 5.91 Å². The highest BCUT2D eigenvalue weighted by atomic mass is 35.5. The molecule has 2 atom stereocenters. The summed E-state index contributed by atoms with van der Waals surface area (Å²) in [5, 5.41) is 8.01. The number of hydrogen-bond donors (Lipinski definition) is 2. The maximum absolute atomic E-state index is 13.8. The van der Waals surface area contributed by atoms with Crippen molar-refractivity contribution >= 4 is 23.2 Å². The molecule has 1 aliphatic carbocycles. The third-order valence-corrected chi connectivity index (χ3v) is 8.36. The van der Waals surface area contributed by atoms with E-state index < -0.39 is 6.04 Å². The van der Waals surface area contributed by atoms with Crippen LogP contribution in [0, 0.1) is 5.92 Å². The van der Waals surface area contributed by atoms with Crippen LogP contribution in [-0.2, 0) is 4.79 Å². The Bertz CT molecular complexity index is 1800. The third kappa shape index (κ3) is 5.87. The summed E-state index contributed by atoms with van der Waals surface area (Å²) in [5.41, 5.74) is 11.2. The van der Waals surface area contributed by atoms with Crippen molar-refractivity contribution in [2.45, 2.75) is 51.1 Å². The summed E-state index contributed by atoms with van der Waals surface area (Å²) in [4.78, 5) is 40.5. The van der Waals surface area contributed by atoms with Crippen molar-refractivity contribution < 1.29 is 4.79 Å². The molecule has 1 amide bonds. The van der Waals surface area contributed by atoms with E-state index in [2.05, 4.69) is 20.4 Å². The van der Waals surface area contributed by atoms with Crippen LogP contribution >= 0.6 is 11.6 Å². The molecule has 1 saturated carbocycles. The standard InChI is InChI=1S/C32H33ClN8O2/c1-19-4-3-5-29(27-12-20(10-11-36-27)31(35-2)28(15-34)39-32(19)43)40-18-37-26(14-30(40)42)25-13-22(33)6-9-24(25)21-16-38-41(17-21)23-7-8-23/h6,9-19,23,29H,3-5,7-8,34H2,1-2H3,(H,39,43). The van der Waals surface area contributed by atoms with Crippen LogP contribution in [0.25, 0.3) is 22.4 Å². The Morgan fingerprint density at radius 2 is 1.88 bits per heavy atom. The molecule has 0 saturated heterocycles. The van der Waals surface area contributed by atoms with E-state index in [9.17, 15) is 9.59 Å². The molecule has 4 heterocycles. The summed E-state index contributed by atoms with van der Waals surface area (Å²) >= 11 is 6.41. The van der Waals surface area contributed by atoms with Gasteiger partial charge in [-0.2, -0.15) is 5.10 Å².